The molecule has 0 aliphatic carbocycles. The quantitative estimate of drug-likeness (QED) is 0.613. The first-order valence-corrected chi connectivity index (χ1v) is 5.45. The molecule has 2 aromatic rings. The average molecular weight is 224 g/mol. The molecule has 0 aromatic heterocycles. The topological polar surface area (TPSA) is 40.5 Å². The molecule has 0 saturated carbocycles. The number of aromatic hydroxyl groups is 1. The van der Waals surface area contributed by atoms with Crippen LogP contribution in [0.3, 0.4) is 0 Å². The Balaban J connectivity index is 2.14. The SMILES string of the molecule is OBc1ccc(/C=C\c2cccc(O)c2)cc1. The summed E-state index contributed by atoms with van der Waals surface area (Å²) >= 11 is 0. The highest BCUT2D eigenvalue weighted by atomic mass is 16.3. The second-order valence-electron chi connectivity index (χ2n) is 3.83. The van der Waals surface area contributed by atoms with Crippen LogP contribution in [0.1, 0.15) is 11.1 Å². The fraction of sp³-hybridized carbons (Fsp3) is 0. The van der Waals surface area contributed by atoms with Gasteiger partial charge in [0.15, 0.2) is 0 Å². The molecule has 0 fully saturated rings. The first-order valence-electron chi connectivity index (χ1n) is 5.45. The summed E-state index contributed by atoms with van der Waals surface area (Å²) in [6.07, 6.45) is 3.91. The lowest BCUT2D eigenvalue weighted by Crippen LogP contribution is -2.11. The van der Waals surface area contributed by atoms with Crippen molar-refractivity contribution in [3.63, 3.8) is 0 Å². The Morgan fingerprint density at radius 1 is 0.882 bits per heavy atom. The molecule has 3 heteroatoms. The van der Waals surface area contributed by atoms with Crippen LogP contribution in [0.25, 0.3) is 12.2 Å². The zero-order chi connectivity index (χ0) is 12.1. The number of rotatable bonds is 3. The lowest BCUT2D eigenvalue weighted by molar-refractivity contribution is 0.475. The third-order valence-electron chi connectivity index (χ3n) is 2.50. The molecular weight excluding hydrogens is 211 g/mol. The minimum absolute atomic E-state index is 0.0660. The molecule has 0 aliphatic rings. The molecule has 17 heavy (non-hydrogen) atoms. The van der Waals surface area contributed by atoms with Crippen molar-refractivity contribution in [2.24, 2.45) is 0 Å². The van der Waals surface area contributed by atoms with E-state index in [4.69, 9.17) is 5.02 Å². The Morgan fingerprint density at radius 3 is 2.24 bits per heavy atom. The first-order chi connectivity index (χ1) is 8.28. The van der Waals surface area contributed by atoms with Crippen molar-refractivity contribution >= 4 is 25.1 Å². The Hall–Kier alpha value is -2.00. The number of phenols is 1. The number of hydrogen-bond donors (Lipinski definition) is 2. The maximum absolute atomic E-state index is 9.32. The van der Waals surface area contributed by atoms with E-state index in [0.717, 1.165) is 16.6 Å². The van der Waals surface area contributed by atoms with Gasteiger partial charge in [0, 0.05) is 0 Å². The summed E-state index contributed by atoms with van der Waals surface area (Å²) in [6.45, 7) is 0. The molecule has 0 amide bonds. The summed E-state index contributed by atoms with van der Waals surface area (Å²) in [5, 5.41) is 18.2. The normalized spacial score (nSPS) is 10.6. The standard InChI is InChI=1S/C14H13BO2/c16-14-3-1-2-12(10-14)5-4-11-6-8-13(15-17)9-7-11/h1-10,15-17H/b5-4-. The van der Waals surface area contributed by atoms with E-state index in [1.807, 2.05) is 48.6 Å². The molecule has 2 N–H and O–H groups in total. The molecule has 84 valence electrons. The molecule has 2 nitrogen and oxygen atoms in total. The van der Waals surface area contributed by atoms with Crippen LogP contribution >= 0.6 is 0 Å². The van der Waals surface area contributed by atoms with E-state index in [1.165, 1.54) is 0 Å². The summed E-state index contributed by atoms with van der Waals surface area (Å²) in [6, 6.07) is 14.8. The van der Waals surface area contributed by atoms with Gasteiger partial charge in [0.1, 0.15) is 5.75 Å². The average Bonchev–Trinajstić information content (AvgIpc) is 2.37. The van der Waals surface area contributed by atoms with Gasteiger partial charge in [-0.2, -0.15) is 0 Å². The van der Waals surface area contributed by atoms with Gasteiger partial charge >= 0.3 is 7.48 Å². The minimum atomic E-state index is 0.0660. The fourth-order valence-electron chi connectivity index (χ4n) is 1.56. The van der Waals surface area contributed by atoms with Gasteiger partial charge in [-0.25, -0.2) is 0 Å². The van der Waals surface area contributed by atoms with E-state index in [-0.39, 0.29) is 13.2 Å². The summed E-state index contributed by atoms with van der Waals surface area (Å²) < 4.78 is 0. The van der Waals surface area contributed by atoms with Crippen LogP contribution in [0.15, 0.2) is 48.5 Å². The Bertz CT molecular complexity index is 518. The molecule has 2 rings (SSSR count). The smallest absolute Gasteiger partial charge is 0.304 e. The number of benzene rings is 2. The van der Waals surface area contributed by atoms with E-state index >= 15 is 0 Å². The lowest BCUT2D eigenvalue weighted by Gasteiger charge is -1.97. The predicted octanol–water partition coefficient (Wildman–Crippen LogP) is 1.53. The molecule has 2 aromatic carbocycles. The Morgan fingerprint density at radius 2 is 1.59 bits per heavy atom. The molecule has 0 saturated heterocycles. The van der Waals surface area contributed by atoms with Crippen molar-refractivity contribution in [1.29, 1.82) is 0 Å². The van der Waals surface area contributed by atoms with Gasteiger partial charge in [-0.05, 0) is 23.3 Å². The summed E-state index contributed by atoms with van der Waals surface area (Å²) in [5.41, 5.74) is 2.92. The maximum atomic E-state index is 9.32. The third kappa shape index (κ3) is 3.23. The van der Waals surface area contributed by atoms with E-state index in [2.05, 4.69) is 0 Å². The van der Waals surface area contributed by atoms with Gasteiger partial charge in [-0.15, -0.1) is 0 Å². The van der Waals surface area contributed by atoms with Gasteiger partial charge in [-0.3, -0.25) is 0 Å². The zero-order valence-corrected chi connectivity index (χ0v) is 9.38. The fourth-order valence-corrected chi connectivity index (χ4v) is 1.56. The minimum Gasteiger partial charge on any atom is -0.508 e. The molecule has 0 atom stereocenters. The molecular formula is C14H13BO2. The number of phenolic OH excluding ortho intramolecular Hbond substituents is 1. The van der Waals surface area contributed by atoms with E-state index in [0.29, 0.717) is 0 Å². The molecule has 0 aliphatic heterocycles. The van der Waals surface area contributed by atoms with Crippen LogP contribution in [0, 0.1) is 0 Å². The van der Waals surface area contributed by atoms with Gasteiger partial charge in [0.05, 0.1) is 0 Å². The van der Waals surface area contributed by atoms with Crippen molar-refractivity contribution in [3.05, 3.63) is 59.7 Å². The van der Waals surface area contributed by atoms with Crippen LogP contribution in [0.5, 0.6) is 5.75 Å². The Labute approximate surface area is 101 Å². The molecule has 0 radical (unpaired) electrons. The van der Waals surface area contributed by atoms with Gasteiger partial charge in [0.2, 0.25) is 0 Å². The van der Waals surface area contributed by atoms with Gasteiger partial charge < -0.3 is 10.1 Å². The molecule has 0 unspecified atom stereocenters. The monoisotopic (exact) mass is 224 g/mol. The highest BCUT2D eigenvalue weighted by Gasteiger charge is 1.93. The molecule has 0 spiro atoms. The Kier molecular flexibility index (Phi) is 3.63. The zero-order valence-electron chi connectivity index (χ0n) is 9.38. The predicted molar refractivity (Wildman–Crippen MR) is 72.5 cm³/mol. The van der Waals surface area contributed by atoms with E-state index in [1.54, 1.807) is 12.1 Å². The lowest BCUT2D eigenvalue weighted by atomic mass is 9.88. The van der Waals surface area contributed by atoms with Crippen LogP contribution in [-0.2, 0) is 0 Å². The highest BCUT2D eigenvalue weighted by molar-refractivity contribution is 6.45. The summed E-state index contributed by atoms with van der Waals surface area (Å²) in [5.74, 6) is 0.266. The van der Waals surface area contributed by atoms with Gasteiger partial charge in [-0.1, -0.05) is 54.0 Å². The number of hydrogen-bond acceptors (Lipinski definition) is 2. The maximum Gasteiger partial charge on any atom is 0.304 e. The second-order valence-corrected chi connectivity index (χ2v) is 3.83. The largest absolute Gasteiger partial charge is 0.508 e. The van der Waals surface area contributed by atoms with Crippen molar-refractivity contribution in [2.45, 2.75) is 0 Å². The first kappa shape index (κ1) is 11.5. The summed E-state index contributed by atoms with van der Waals surface area (Å²) in [7, 11) is 0.0660. The van der Waals surface area contributed by atoms with Crippen LogP contribution in [0.4, 0.5) is 0 Å². The van der Waals surface area contributed by atoms with E-state index in [9.17, 15) is 5.11 Å². The van der Waals surface area contributed by atoms with Crippen LogP contribution < -0.4 is 5.46 Å². The van der Waals surface area contributed by atoms with Crippen molar-refractivity contribution in [1.82, 2.24) is 0 Å². The third-order valence-corrected chi connectivity index (χ3v) is 2.50. The van der Waals surface area contributed by atoms with Crippen molar-refractivity contribution in [2.75, 3.05) is 0 Å². The van der Waals surface area contributed by atoms with Gasteiger partial charge in [0.25, 0.3) is 0 Å². The van der Waals surface area contributed by atoms with Crippen molar-refractivity contribution in [3.8, 4) is 5.75 Å². The highest BCUT2D eigenvalue weighted by Crippen LogP contribution is 2.13. The molecule has 0 bridgehead atoms. The van der Waals surface area contributed by atoms with Crippen LogP contribution in [-0.4, -0.2) is 17.6 Å². The second kappa shape index (κ2) is 5.37. The van der Waals surface area contributed by atoms with Crippen LogP contribution in [0.2, 0.25) is 0 Å². The summed E-state index contributed by atoms with van der Waals surface area (Å²) in [4.78, 5) is 0. The van der Waals surface area contributed by atoms with E-state index < -0.39 is 0 Å². The molecule has 0 heterocycles. The van der Waals surface area contributed by atoms with Crippen molar-refractivity contribution < 1.29 is 10.1 Å².